The second-order valence-corrected chi connectivity index (χ2v) is 5.18. The Morgan fingerprint density at radius 2 is 1.95 bits per heavy atom. The average Bonchev–Trinajstić information content (AvgIpc) is 2.87. The maximum Gasteiger partial charge on any atom is 0.226 e. The van der Waals surface area contributed by atoms with Gasteiger partial charge in [0.2, 0.25) is 5.91 Å². The summed E-state index contributed by atoms with van der Waals surface area (Å²) in [5.41, 5.74) is 1.40. The molecule has 0 unspecified atom stereocenters. The number of aromatic nitrogens is 1. The van der Waals surface area contributed by atoms with E-state index in [9.17, 15) is 19.1 Å². The van der Waals surface area contributed by atoms with Gasteiger partial charge in [0.1, 0.15) is 5.82 Å². The fourth-order valence-corrected chi connectivity index (χ4v) is 2.40. The van der Waals surface area contributed by atoms with Gasteiger partial charge in [-0.2, -0.15) is 0 Å². The van der Waals surface area contributed by atoms with Gasteiger partial charge < -0.3 is 15.2 Å². The van der Waals surface area contributed by atoms with E-state index in [4.69, 9.17) is 0 Å². The summed E-state index contributed by atoms with van der Waals surface area (Å²) in [6.45, 7) is 0. The number of anilines is 1. The molecule has 7 heteroatoms. The van der Waals surface area contributed by atoms with Crippen LogP contribution in [0.15, 0.2) is 29.6 Å². The van der Waals surface area contributed by atoms with E-state index in [0.29, 0.717) is 10.8 Å². The summed E-state index contributed by atoms with van der Waals surface area (Å²) in [6, 6.07) is 5.89. The first-order valence-corrected chi connectivity index (χ1v) is 7.14. The molecule has 0 aliphatic carbocycles. The van der Waals surface area contributed by atoms with Gasteiger partial charge in [0.05, 0.1) is 5.69 Å². The van der Waals surface area contributed by atoms with E-state index < -0.39 is 5.97 Å². The number of rotatable bonds is 6. The lowest BCUT2D eigenvalue weighted by molar-refractivity contribution is -0.305. The Labute approximate surface area is 124 Å². The molecular weight excluding hydrogens is 295 g/mol. The van der Waals surface area contributed by atoms with Gasteiger partial charge in [0.15, 0.2) is 5.13 Å². The third kappa shape index (κ3) is 4.64. The van der Waals surface area contributed by atoms with Gasteiger partial charge in [-0.05, 0) is 37.1 Å². The molecule has 0 bridgehead atoms. The van der Waals surface area contributed by atoms with Crippen molar-refractivity contribution < 1.29 is 19.1 Å². The second kappa shape index (κ2) is 6.94. The van der Waals surface area contributed by atoms with Gasteiger partial charge in [-0.25, -0.2) is 9.37 Å². The van der Waals surface area contributed by atoms with Crippen molar-refractivity contribution in [2.75, 3.05) is 5.32 Å². The lowest BCUT2D eigenvalue weighted by atomic mass is 10.2. The largest absolute Gasteiger partial charge is 0.550 e. The van der Waals surface area contributed by atoms with Crippen LogP contribution in [0.4, 0.5) is 9.52 Å². The first kappa shape index (κ1) is 15.1. The maximum atomic E-state index is 12.8. The third-order valence-electron chi connectivity index (χ3n) is 2.68. The van der Waals surface area contributed by atoms with Crippen LogP contribution in [0, 0.1) is 5.82 Å². The Balaban J connectivity index is 1.92. The molecule has 1 N–H and O–H groups in total. The van der Waals surface area contributed by atoms with E-state index in [2.05, 4.69) is 10.3 Å². The molecule has 0 radical (unpaired) electrons. The fourth-order valence-electron chi connectivity index (χ4n) is 1.66. The zero-order chi connectivity index (χ0) is 15.2. The summed E-state index contributed by atoms with van der Waals surface area (Å²) < 4.78 is 12.8. The first-order valence-electron chi connectivity index (χ1n) is 6.26. The minimum absolute atomic E-state index is 0.0967. The highest BCUT2D eigenvalue weighted by Gasteiger charge is 2.08. The molecule has 21 heavy (non-hydrogen) atoms. The monoisotopic (exact) mass is 307 g/mol. The quantitative estimate of drug-likeness (QED) is 0.882. The molecule has 0 aliphatic heterocycles. The highest BCUT2D eigenvalue weighted by atomic mass is 32.1. The van der Waals surface area contributed by atoms with E-state index in [1.165, 1.54) is 23.5 Å². The number of aliphatic carboxylic acids is 1. The Hall–Kier alpha value is -2.28. The van der Waals surface area contributed by atoms with Crippen LogP contribution in [0.5, 0.6) is 0 Å². The van der Waals surface area contributed by atoms with Crippen LogP contribution in [0.1, 0.15) is 19.3 Å². The number of amides is 1. The average molecular weight is 307 g/mol. The molecule has 0 atom stereocenters. The summed E-state index contributed by atoms with van der Waals surface area (Å²) in [5.74, 6) is -1.79. The summed E-state index contributed by atoms with van der Waals surface area (Å²) in [7, 11) is 0. The Kier molecular flexibility index (Phi) is 4.99. The van der Waals surface area contributed by atoms with Crippen molar-refractivity contribution >= 4 is 28.3 Å². The predicted octanol–water partition coefficient (Wildman–Crippen LogP) is 1.81. The van der Waals surface area contributed by atoms with Crippen LogP contribution in [0.3, 0.4) is 0 Å². The van der Waals surface area contributed by atoms with Crippen molar-refractivity contribution in [3.05, 3.63) is 35.5 Å². The van der Waals surface area contributed by atoms with Crippen LogP contribution >= 0.6 is 11.3 Å². The number of carbonyl (C=O) groups excluding carboxylic acids is 2. The van der Waals surface area contributed by atoms with Crippen molar-refractivity contribution in [1.82, 2.24) is 4.98 Å². The molecule has 1 amide bonds. The highest BCUT2D eigenvalue weighted by molar-refractivity contribution is 7.14. The normalized spacial score (nSPS) is 10.3. The summed E-state index contributed by atoms with van der Waals surface area (Å²) in [6.07, 6.45) is 0.177. The maximum absolute atomic E-state index is 12.8. The predicted molar refractivity (Wildman–Crippen MR) is 75.0 cm³/mol. The molecule has 2 aromatic rings. The van der Waals surface area contributed by atoms with E-state index in [1.54, 1.807) is 17.5 Å². The zero-order valence-corrected chi connectivity index (χ0v) is 11.8. The first-order chi connectivity index (χ1) is 10.0. The topological polar surface area (TPSA) is 82.1 Å². The summed E-state index contributed by atoms with van der Waals surface area (Å²) >= 11 is 1.25. The van der Waals surface area contributed by atoms with Crippen molar-refractivity contribution in [1.29, 1.82) is 0 Å². The Morgan fingerprint density at radius 1 is 1.24 bits per heavy atom. The summed E-state index contributed by atoms with van der Waals surface area (Å²) in [5, 5.41) is 15.0. The van der Waals surface area contributed by atoms with Crippen molar-refractivity contribution in [2.24, 2.45) is 0 Å². The van der Waals surface area contributed by atoms with E-state index in [0.717, 1.165) is 5.56 Å². The number of halogens is 1. The second-order valence-electron chi connectivity index (χ2n) is 4.32. The van der Waals surface area contributed by atoms with Crippen LogP contribution in [-0.4, -0.2) is 16.9 Å². The number of carboxylic acids is 1. The van der Waals surface area contributed by atoms with Crippen LogP contribution < -0.4 is 10.4 Å². The molecule has 0 saturated heterocycles. The van der Waals surface area contributed by atoms with Crippen LogP contribution in [-0.2, 0) is 9.59 Å². The van der Waals surface area contributed by atoms with E-state index in [-0.39, 0.29) is 31.0 Å². The van der Waals surface area contributed by atoms with Crippen molar-refractivity contribution in [3.63, 3.8) is 0 Å². The number of hydrogen-bond acceptors (Lipinski definition) is 5. The standard InChI is InChI=1S/C14H13FN2O3S/c15-10-6-4-9(5-7-10)11-8-21-14(16-11)17-12(18)2-1-3-13(19)20/h4-8H,1-3H2,(H,19,20)(H,16,17,18)/p-1. The third-order valence-corrected chi connectivity index (χ3v) is 3.43. The molecule has 1 aromatic heterocycles. The zero-order valence-electron chi connectivity index (χ0n) is 11.0. The van der Waals surface area contributed by atoms with Gasteiger partial charge in [-0.3, -0.25) is 4.79 Å². The molecule has 0 fully saturated rings. The van der Waals surface area contributed by atoms with Gasteiger partial charge in [-0.1, -0.05) is 0 Å². The lowest BCUT2D eigenvalue weighted by Crippen LogP contribution is -2.22. The molecule has 0 saturated carbocycles. The molecule has 2 rings (SSSR count). The van der Waals surface area contributed by atoms with Crippen LogP contribution in [0.25, 0.3) is 11.3 Å². The minimum Gasteiger partial charge on any atom is -0.550 e. The molecule has 110 valence electrons. The van der Waals surface area contributed by atoms with Gasteiger partial charge >= 0.3 is 0 Å². The minimum atomic E-state index is -1.17. The Bertz CT molecular complexity index is 640. The van der Waals surface area contributed by atoms with Gasteiger partial charge in [-0.15, -0.1) is 11.3 Å². The number of thiazole rings is 1. The van der Waals surface area contributed by atoms with E-state index >= 15 is 0 Å². The molecule has 5 nitrogen and oxygen atoms in total. The number of hydrogen-bond donors (Lipinski definition) is 1. The number of nitrogens with zero attached hydrogens (tertiary/aromatic N) is 1. The molecule has 0 aliphatic rings. The Morgan fingerprint density at radius 3 is 2.62 bits per heavy atom. The molecule has 1 aromatic carbocycles. The fraction of sp³-hybridized carbons (Fsp3) is 0.214. The van der Waals surface area contributed by atoms with Crippen molar-refractivity contribution in [3.8, 4) is 11.3 Å². The number of carbonyl (C=O) groups is 2. The van der Waals surface area contributed by atoms with Crippen molar-refractivity contribution in [2.45, 2.75) is 19.3 Å². The molecule has 0 spiro atoms. The SMILES string of the molecule is O=C([O-])CCCC(=O)Nc1nc(-c2ccc(F)cc2)cs1. The lowest BCUT2D eigenvalue weighted by Gasteiger charge is -2.02. The highest BCUT2D eigenvalue weighted by Crippen LogP contribution is 2.25. The smallest absolute Gasteiger partial charge is 0.226 e. The van der Waals surface area contributed by atoms with E-state index in [1.807, 2.05) is 0 Å². The number of nitrogens with one attached hydrogen (secondary N) is 1. The number of benzene rings is 1. The van der Waals surface area contributed by atoms with Crippen LogP contribution in [0.2, 0.25) is 0 Å². The van der Waals surface area contributed by atoms with Gasteiger partial charge in [0.25, 0.3) is 0 Å². The molecular formula is C14H12FN2O3S-. The molecule has 1 heterocycles. The number of carboxylic acid groups (broad SMARTS) is 1. The summed E-state index contributed by atoms with van der Waals surface area (Å²) in [4.78, 5) is 26.0. The van der Waals surface area contributed by atoms with Gasteiger partial charge in [0, 0.05) is 23.3 Å².